The molecule has 2 amide bonds. The molecule has 0 aromatic rings. The Hall–Kier alpha value is -1.30. The second-order valence-corrected chi connectivity index (χ2v) is 5.58. The van der Waals surface area contributed by atoms with Gasteiger partial charge in [0, 0.05) is 19.8 Å². The molecule has 1 saturated carbocycles. The molecular weight excluding hydrogens is 260 g/mol. The minimum Gasteiger partial charge on any atom is -0.480 e. The molecule has 1 fully saturated rings. The Kier molecular flexibility index (Phi) is 6.78. The number of rotatable bonds is 6. The summed E-state index contributed by atoms with van der Waals surface area (Å²) in [5.41, 5.74) is -1.11. The number of urea groups is 1. The molecule has 0 aliphatic heterocycles. The highest BCUT2D eigenvalue weighted by Crippen LogP contribution is 2.27. The minimum absolute atomic E-state index is 0.0495. The number of methoxy groups -OCH3 is 1. The van der Waals surface area contributed by atoms with E-state index in [0.717, 1.165) is 25.7 Å². The highest BCUT2D eigenvalue weighted by Gasteiger charge is 2.40. The van der Waals surface area contributed by atoms with Crippen molar-refractivity contribution in [3.05, 3.63) is 0 Å². The van der Waals surface area contributed by atoms with Crippen molar-refractivity contribution in [3.8, 4) is 0 Å². The van der Waals surface area contributed by atoms with Crippen molar-refractivity contribution in [1.29, 1.82) is 0 Å². The largest absolute Gasteiger partial charge is 0.480 e. The molecule has 3 N–H and O–H groups in total. The fourth-order valence-corrected chi connectivity index (χ4v) is 2.57. The van der Waals surface area contributed by atoms with E-state index in [-0.39, 0.29) is 6.04 Å². The van der Waals surface area contributed by atoms with Crippen LogP contribution in [0.3, 0.4) is 0 Å². The molecule has 1 aliphatic carbocycles. The van der Waals surface area contributed by atoms with E-state index >= 15 is 0 Å². The van der Waals surface area contributed by atoms with Crippen molar-refractivity contribution in [1.82, 2.24) is 10.6 Å². The van der Waals surface area contributed by atoms with Gasteiger partial charge in [0.2, 0.25) is 0 Å². The molecule has 1 unspecified atom stereocenters. The van der Waals surface area contributed by atoms with Gasteiger partial charge in [-0.3, -0.25) is 0 Å². The second-order valence-electron chi connectivity index (χ2n) is 5.58. The Labute approximate surface area is 120 Å². The maximum absolute atomic E-state index is 12.0. The van der Waals surface area contributed by atoms with Crippen molar-refractivity contribution >= 4 is 12.0 Å². The van der Waals surface area contributed by atoms with Crippen LogP contribution in [0.15, 0.2) is 0 Å². The van der Waals surface area contributed by atoms with Crippen molar-refractivity contribution in [2.75, 3.05) is 13.7 Å². The van der Waals surface area contributed by atoms with Crippen LogP contribution in [0.5, 0.6) is 0 Å². The molecule has 20 heavy (non-hydrogen) atoms. The molecule has 6 nitrogen and oxygen atoms in total. The standard InChI is InChI=1S/C14H26N2O4/c1-11(7-10-20-2)15-13(19)16-14(12(17)18)8-5-3-4-6-9-14/h11H,3-10H2,1-2H3,(H,17,18)(H2,15,16,19). The first-order chi connectivity index (χ1) is 9.50. The van der Waals surface area contributed by atoms with Crippen LogP contribution in [-0.2, 0) is 9.53 Å². The third-order valence-electron chi connectivity index (χ3n) is 3.85. The highest BCUT2D eigenvalue weighted by atomic mass is 16.5. The minimum atomic E-state index is -1.11. The van der Waals surface area contributed by atoms with Gasteiger partial charge in [-0.2, -0.15) is 0 Å². The van der Waals surface area contributed by atoms with Gasteiger partial charge in [-0.15, -0.1) is 0 Å². The van der Waals surface area contributed by atoms with Gasteiger partial charge in [0.05, 0.1) is 0 Å². The number of hydrogen-bond acceptors (Lipinski definition) is 3. The van der Waals surface area contributed by atoms with Crippen LogP contribution >= 0.6 is 0 Å². The Morgan fingerprint density at radius 1 is 1.25 bits per heavy atom. The molecule has 1 atom stereocenters. The van der Waals surface area contributed by atoms with Crippen LogP contribution in [0.25, 0.3) is 0 Å². The molecule has 1 aliphatic rings. The number of carbonyl (C=O) groups excluding carboxylic acids is 1. The number of hydrogen-bond donors (Lipinski definition) is 3. The summed E-state index contributed by atoms with van der Waals surface area (Å²) in [4.78, 5) is 23.5. The molecule has 1 rings (SSSR count). The van der Waals surface area contributed by atoms with Crippen LogP contribution in [0, 0.1) is 0 Å². The van der Waals surface area contributed by atoms with Gasteiger partial charge in [0.25, 0.3) is 0 Å². The van der Waals surface area contributed by atoms with Crippen molar-refractivity contribution < 1.29 is 19.4 Å². The van der Waals surface area contributed by atoms with Crippen LogP contribution in [0.2, 0.25) is 0 Å². The third-order valence-corrected chi connectivity index (χ3v) is 3.85. The van der Waals surface area contributed by atoms with Gasteiger partial charge >= 0.3 is 12.0 Å². The zero-order valence-corrected chi connectivity index (χ0v) is 12.4. The summed E-state index contributed by atoms with van der Waals surface area (Å²) in [5, 5.41) is 14.9. The van der Waals surface area contributed by atoms with Crippen LogP contribution in [-0.4, -0.2) is 42.4 Å². The van der Waals surface area contributed by atoms with Crippen LogP contribution in [0.1, 0.15) is 51.9 Å². The van der Waals surface area contributed by atoms with Crippen molar-refractivity contribution in [2.24, 2.45) is 0 Å². The lowest BCUT2D eigenvalue weighted by Gasteiger charge is -2.30. The van der Waals surface area contributed by atoms with E-state index in [0.29, 0.717) is 25.9 Å². The number of amides is 2. The van der Waals surface area contributed by atoms with E-state index in [2.05, 4.69) is 10.6 Å². The summed E-state index contributed by atoms with van der Waals surface area (Å²) in [6, 6.07) is -0.454. The zero-order valence-electron chi connectivity index (χ0n) is 12.4. The molecule has 0 aromatic carbocycles. The first-order valence-electron chi connectivity index (χ1n) is 7.31. The fraction of sp³-hybridized carbons (Fsp3) is 0.857. The monoisotopic (exact) mass is 286 g/mol. The quantitative estimate of drug-likeness (QED) is 0.651. The van der Waals surface area contributed by atoms with E-state index in [1.165, 1.54) is 0 Å². The molecule has 0 radical (unpaired) electrons. The van der Waals surface area contributed by atoms with E-state index < -0.39 is 17.5 Å². The maximum atomic E-state index is 12.0. The highest BCUT2D eigenvalue weighted by molar-refractivity contribution is 5.86. The zero-order chi connectivity index (χ0) is 15.0. The Morgan fingerprint density at radius 3 is 2.35 bits per heavy atom. The summed E-state index contributed by atoms with van der Waals surface area (Å²) in [6.45, 7) is 2.44. The molecule has 0 bridgehead atoms. The topological polar surface area (TPSA) is 87.7 Å². The van der Waals surface area contributed by atoms with Gasteiger partial charge in [0.1, 0.15) is 5.54 Å². The Morgan fingerprint density at radius 2 is 1.85 bits per heavy atom. The van der Waals surface area contributed by atoms with Gasteiger partial charge < -0.3 is 20.5 Å². The first kappa shape index (κ1) is 16.8. The fourth-order valence-electron chi connectivity index (χ4n) is 2.57. The SMILES string of the molecule is COCCC(C)NC(=O)NC1(C(=O)O)CCCCCC1. The Bertz CT molecular complexity index is 325. The van der Waals surface area contributed by atoms with E-state index in [4.69, 9.17) is 4.74 Å². The summed E-state index contributed by atoms with van der Waals surface area (Å²) in [6.07, 6.45) is 5.44. The summed E-state index contributed by atoms with van der Waals surface area (Å²) in [7, 11) is 1.61. The third kappa shape index (κ3) is 5.00. The first-order valence-corrected chi connectivity index (χ1v) is 7.31. The van der Waals surface area contributed by atoms with Gasteiger partial charge in [-0.25, -0.2) is 9.59 Å². The predicted molar refractivity (Wildman–Crippen MR) is 75.7 cm³/mol. The maximum Gasteiger partial charge on any atom is 0.329 e. The van der Waals surface area contributed by atoms with Crippen molar-refractivity contribution in [3.63, 3.8) is 0 Å². The number of aliphatic carboxylic acids is 1. The average Bonchev–Trinajstić information content (AvgIpc) is 2.62. The predicted octanol–water partition coefficient (Wildman–Crippen LogP) is 1.89. The number of carbonyl (C=O) groups is 2. The number of ether oxygens (including phenoxy) is 1. The molecule has 116 valence electrons. The van der Waals surface area contributed by atoms with Crippen molar-refractivity contribution in [2.45, 2.75) is 63.5 Å². The summed E-state index contributed by atoms with van der Waals surface area (Å²) in [5.74, 6) is -0.931. The molecule has 0 spiro atoms. The lowest BCUT2D eigenvalue weighted by molar-refractivity contribution is -0.145. The van der Waals surface area contributed by atoms with E-state index in [9.17, 15) is 14.7 Å². The Balaban J connectivity index is 2.56. The molecule has 0 heterocycles. The molecule has 0 saturated heterocycles. The normalized spacial score (nSPS) is 19.7. The lowest BCUT2D eigenvalue weighted by atomic mass is 9.90. The smallest absolute Gasteiger partial charge is 0.329 e. The second kappa shape index (κ2) is 8.09. The van der Waals surface area contributed by atoms with Gasteiger partial charge in [-0.1, -0.05) is 25.7 Å². The van der Waals surface area contributed by atoms with Crippen LogP contribution < -0.4 is 10.6 Å². The summed E-state index contributed by atoms with van der Waals surface area (Å²) >= 11 is 0. The van der Waals surface area contributed by atoms with Crippen LogP contribution in [0.4, 0.5) is 4.79 Å². The van der Waals surface area contributed by atoms with E-state index in [1.54, 1.807) is 7.11 Å². The van der Waals surface area contributed by atoms with Gasteiger partial charge in [-0.05, 0) is 26.2 Å². The number of nitrogens with one attached hydrogen (secondary N) is 2. The average molecular weight is 286 g/mol. The number of carboxylic acids is 1. The molecular formula is C14H26N2O4. The van der Waals surface area contributed by atoms with Gasteiger partial charge in [0.15, 0.2) is 0 Å². The van der Waals surface area contributed by atoms with E-state index in [1.807, 2.05) is 6.92 Å². The summed E-state index contributed by atoms with van der Waals surface area (Å²) < 4.78 is 4.95. The molecule has 6 heteroatoms. The number of carboxylic acid groups (broad SMARTS) is 1. The molecule has 0 aromatic heterocycles. The lowest BCUT2D eigenvalue weighted by Crippen LogP contribution is -2.58.